The first-order chi connectivity index (χ1) is 11.8. The van der Waals surface area contributed by atoms with E-state index in [0.29, 0.717) is 5.69 Å². The number of benzene rings is 1. The summed E-state index contributed by atoms with van der Waals surface area (Å²) >= 11 is 0. The van der Waals surface area contributed by atoms with E-state index in [1.807, 2.05) is 45.9 Å². The van der Waals surface area contributed by atoms with Gasteiger partial charge < -0.3 is 10.6 Å². The van der Waals surface area contributed by atoms with Crippen molar-refractivity contribution >= 4 is 29.1 Å². The predicted octanol–water partition coefficient (Wildman–Crippen LogP) is 1.43. The topological polar surface area (TPSA) is 90.9 Å². The third-order valence-corrected chi connectivity index (χ3v) is 3.75. The summed E-state index contributed by atoms with van der Waals surface area (Å²) in [5.41, 5.74) is 2.83. The van der Waals surface area contributed by atoms with Crippen LogP contribution >= 0.6 is 0 Å². The molecule has 1 aliphatic rings. The van der Waals surface area contributed by atoms with Crippen LogP contribution in [0.15, 0.2) is 23.3 Å². The van der Waals surface area contributed by atoms with E-state index in [0.717, 1.165) is 11.1 Å². The third kappa shape index (κ3) is 4.89. The zero-order chi connectivity index (χ0) is 18.6. The number of carbonyl (C=O) groups excluding carboxylic acids is 3. The maximum Gasteiger partial charge on any atom is 0.267 e. The van der Waals surface area contributed by atoms with E-state index < -0.39 is 5.91 Å². The number of aryl methyl sites for hydroxylation is 2. The van der Waals surface area contributed by atoms with Gasteiger partial charge >= 0.3 is 0 Å². The molecule has 134 valence electrons. The molecule has 0 aromatic heterocycles. The molecule has 3 amide bonds. The molecule has 7 nitrogen and oxygen atoms in total. The number of carbonyl (C=O) groups is 3. The predicted molar refractivity (Wildman–Crippen MR) is 96.4 cm³/mol. The Morgan fingerprint density at radius 2 is 1.96 bits per heavy atom. The molecule has 0 saturated carbocycles. The van der Waals surface area contributed by atoms with Gasteiger partial charge in [0, 0.05) is 18.9 Å². The van der Waals surface area contributed by atoms with Crippen LogP contribution in [-0.2, 0) is 14.4 Å². The second kappa shape index (κ2) is 7.92. The molecule has 0 bridgehead atoms. The van der Waals surface area contributed by atoms with Crippen molar-refractivity contribution in [2.24, 2.45) is 5.10 Å². The molecular weight excluding hydrogens is 320 g/mol. The minimum Gasteiger partial charge on any atom is -0.352 e. The highest BCUT2D eigenvalue weighted by Gasteiger charge is 2.26. The molecule has 0 spiro atoms. The molecule has 0 unspecified atom stereocenters. The second-order valence-electron chi connectivity index (χ2n) is 6.45. The summed E-state index contributed by atoms with van der Waals surface area (Å²) in [4.78, 5) is 36.1. The minimum absolute atomic E-state index is 0.00818. The normalized spacial score (nSPS) is 14.4. The zero-order valence-corrected chi connectivity index (χ0v) is 15.0. The summed E-state index contributed by atoms with van der Waals surface area (Å²) in [7, 11) is 0. The lowest BCUT2D eigenvalue weighted by molar-refractivity contribution is -0.124. The van der Waals surface area contributed by atoms with E-state index in [1.54, 1.807) is 0 Å². The monoisotopic (exact) mass is 344 g/mol. The van der Waals surface area contributed by atoms with E-state index >= 15 is 0 Å². The number of nitrogens with zero attached hydrogens (tertiary/aromatic N) is 2. The van der Waals surface area contributed by atoms with Crippen molar-refractivity contribution in [2.45, 2.75) is 46.6 Å². The minimum atomic E-state index is -0.429. The molecule has 25 heavy (non-hydrogen) atoms. The molecule has 1 aliphatic heterocycles. The van der Waals surface area contributed by atoms with Crippen molar-refractivity contribution in [1.29, 1.82) is 0 Å². The van der Waals surface area contributed by atoms with Crippen LogP contribution in [0.3, 0.4) is 0 Å². The van der Waals surface area contributed by atoms with Crippen molar-refractivity contribution in [3.05, 3.63) is 29.3 Å². The number of rotatable bonds is 5. The van der Waals surface area contributed by atoms with Crippen LogP contribution in [0.2, 0.25) is 0 Å². The fourth-order valence-electron chi connectivity index (χ4n) is 2.49. The van der Waals surface area contributed by atoms with Crippen molar-refractivity contribution in [1.82, 2.24) is 10.6 Å². The van der Waals surface area contributed by atoms with E-state index in [-0.39, 0.29) is 43.0 Å². The maximum absolute atomic E-state index is 12.3. The molecule has 7 heteroatoms. The first-order valence-corrected chi connectivity index (χ1v) is 8.33. The summed E-state index contributed by atoms with van der Waals surface area (Å²) in [6, 6.07) is 5.75. The Balaban J connectivity index is 2.13. The average molecular weight is 344 g/mol. The smallest absolute Gasteiger partial charge is 0.267 e. The molecule has 0 atom stereocenters. The highest BCUT2D eigenvalue weighted by molar-refractivity contribution is 6.40. The van der Waals surface area contributed by atoms with Crippen LogP contribution in [0.1, 0.15) is 37.8 Å². The van der Waals surface area contributed by atoms with Crippen LogP contribution in [0.5, 0.6) is 0 Å². The highest BCUT2D eigenvalue weighted by atomic mass is 16.2. The Morgan fingerprint density at radius 3 is 2.64 bits per heavy atom. The molecule has 0 saturated heterocycles. The number of anilines is 1. The largest absolute Gasteiger partial charge is 0.352 e. The second-order valence-corrected chi connectivity index (χ2v) is 6.45. The fraction of sp³-hybridized carbons (Fsp3) is 0.444. The molecule has 0 fully saturated rings. The number of nitrogens with one attached hydrogen (secondary N) is 2. The Kier molecular flexibility index (Phi) is 5.90. The molecular formula is C18H24N4O3. The molecule has 0 radical (unpaired) electrons. The van der Waals surface area contributed by atoms with Crippen LogP contribution in [-0.4, -0.2) is 36.0 Å². The fourth-order valence-corrected chi connectivity index (χ4v) is 2.49. The summed E-state index contributed by atoms with van der Waals surface area (Å²) in [6.07, 6.45) is 0.468. The molecule has 0 aliphatic carbocycles. The van der Waals surface area contributed by atoms with Gasteiger partial charge in [0.1, 0.15) is 5.71 Å². The summed E-state index contributed by atoms with van der Waals surface area (Å²) in [6.45, 7) is 7.40. The van der Waals surface area contributed by atoms with E-state index in [4.69, 9.17) is 0 Å². The standard InChI is InChI=1S/C18H24N4O3/c1-11(2)20-16(23)10-19-18(25)14-7-8-17(24)22(21-14)15-9-12(3)5-6-13(15)4/h5-6,9,11H,7-8,10H2,1-4H3,(H,19,25)(H,20,23). The molecule has 2 rings (SSSR count). The van der Waals surface area contributed by atoms with Gasteiger partial charge in [0.05, 0.1) is 12.2 Å². The van der Waals surface area contributed by atoms with Crippen molar-refractivity contribution < 1.29 is 14.4 Å². The van der Waals surface area contributed by atoms with Crippen LogP contribution in [0.25, 0.3) is 0 Å². The van der Waals surface area contributed by atoms with E-state index in [1.165, 1.54) is 5.01 Å². The van der Waals surface area contributed by atoms with Crippen molar-refractivity contribution in [3.8, 4) is 0 Å². The lowest BCUT2D eigenvalue weighted by atomic mass is 10.1. The van der Waals surface area contributed by atoms with Crippen molar-refractivity contribution in [3.63, 3.8) is 0 Å². The maximum atomic E-state index is 12.3. The number of hydrogen-bond acceptors (Lipinski definition) is 4. The highest BCUT2D eigenvalue weighted by Crippen LogP contribution is 2.25. The lowest BCUT2D eigenvalue weighted by Crippen LogP contribution is -2.44. The van der Waals surface area contributed by atoms with Gasteiger partial charge in [-0.1, -0.05) is 12.1 Å². The summed E-state index contributed by atoms with van der Waals surface area (Å²) < 4.78 is 0. The van der Waals surface area contributed by atoms with Gasteiger partial charge in [-0.2, -0.15) is 5.10 Å². The zero-order valence-electron chi connectivity index (χ0n) is 15.0. The SMILES string of the molecule is Cc1ccc(C)c(N2N=C(C(=O)NCC(=O)NC(C)C)CCC2=O)c1. The quantitative estimate of drug-likeness (QED) is 0.846. The van der Waals surface area contributed by atoms with Crippen LogP contribution in [0, 0.1) is 13.8 Å². The van der Waals surface area contributed by atoms with Gasteiger partial charge in [-0.15, -0.1) is 0 Å². The Bertz CT molecular complexity index is 725. The lowest BCUT2D eigenvalue weighted by Gasteiger charge is -2.24. The number of amides is 3. The summed E-state index contributed by atoms with van der Waals surface area (Å²) in [5.74, 6) is -0.841. The molecule has 1 aromatic carbocycles. The molecule has 1 heterocycles. The van der Waals surface area contributed by atoms with Gasteiger partial charge in [0.15, 0.2) is 0 Å². The van der Waals surface area contributed by atoms with Crippen molar-refractivity contribution in [2.75, 3.05) is 11.6 Å². The summed E-state index contributed by atoms with van der Waals surface area (Å²) in [5, 5.41) is 10.8. The van der Waals surface area contributed by atoms with Gasteiger partial charge in [0.25, 0.3) is 5.91 Å². The van der Waals surface area contributed by atoms with Gasteiger partial charge in [-0.3, -0.25) is 14.4 Å². The van der Waals surface area contributed by atoms with Gasteiger partial charge in [0.2, 0.25) is 11.8 Å². The van der Waals surface area contributed by atoms with E-state index in [2.05, 4.69) is 15.7 Å². The van der Waals surface area contributed by atoms with E-state index in [9.17, 15) is 14.4 Å². The number of hydrogen-bond donors (Lipinski definition) is 2. The Morgan fingerprint density at radius 1 is 1.24 bits per heavy atom. The average Bonchev–Trinajstić information content (AvgIpc) is 2.55. The molecule has 2 N–H and O–H groups in total. The Hall–Kier alpha value is -2.70. The Labute approximate surface area is 147 Å². The first-order valence-electron chi connectivity index (χ1n) is 8.33. The van der Waals surface area contributed by atoms with Gasteiger partial charge in [-0.25, -0.2) is 5.01 Å². The van der Waals surface area contributed by atoms with Crippen LogP contribution < -0.4 is 15.6 Å². The van der Waals surface area contributed by atoms with Crippen LogP contribution in [0.4, 0.5) is 5.69 Å². The molecule has 1 aromatic rings. The first kappa shape index (κ1) is 18.6. The van der Waals surface area contributed by atoms with Gasteiger partial charge in [-0.05, 0) is 44.9 Å². The number of hydrazone groups is 1. The third-order valence-electron chi connectivity index (χ3n) is 3.75.